The molecule has 0 N–H and O–H groups in total. The van der Waals surface area contributed by atoms with Crippen molar-refractivity contribution in [3.63, 3.8) is 0 Å². The molecule has 3 aromatic heterocycles. The van der Waals surface area contributed by atoms with Crippen LogP contribution in [0.4, 0.5) is 0 Å². The number of piperidine rings is 1. The molecule has 3 aromatic rings. The van der Waals surface area contributed by atoms with Gasteiger partial charge in [-0.1, -0.05) is 6.92 Å². The van der Waals surface area contributed by atoms with Gasteiger partial charge in [0.25, 0.3) is 0 Å². The van der Waals surface area contributed by atoms with Crippen molar-refractivity contribution in [2.45, 2.75) is 45.2 Å². The number of aryl methyl sites for hydroxylation is 1. The predicted molar refractivity (Wildman–Crippen MR) is 92.9 cm³/mol. The van der Waals surface area contributed by atoms with Crippen LogP contribution in [0.1, 0.15) is 43.7 Å². The van der Waals surface area contributed by atoms with Crippen LogP contribution in [0, 0.1) is 0 Å². The number of hydrogen-bond acceptors (Lipinski definition) is 4. The summed E-state index contributed by atoms with van der Waals surface area (Å²) in [5.41, 5.74) is 1.76. The van der Waals surface area contributed by atoms with Gasteiger partial charge in [0.15, 0.2) is 5.65 Å². The zero-order valence-electron chi connectivity index (χ0n) is 14.4. The molecule has 1 atom stereocenters. The Balaban J connectivity index is 1.58. The maximum absolute atomic E-state index is 13.0. The highest BCUT2D eigenvalue weighted by atomic mass is 16.2. The molecule has 130 valence electrons. The Morgan fingerprint density at radius 2 is 2.16 bits per heavy atom. The van der Waals surface area contributed by atoms with Gasteiger partial charge in [-0.2, -0.15) is 5.10 Å². The van der Waals surface area contributed by atoms with E-state index in [1.165, 1.54) is 0 Å². The first-order valence-electron chi connectivity index (χ1n) is 8.86. The second kappa shape index (κ2) is 6.66. The molecule has 1 fully saturated rings. The average molecular weight is 338 g/mol. The Morgan fingerprint density at radius 3 is 3.04 bits per heavy atom. The van der Waals surface area contributed by atoms with Gasteiger partial charge >= 0.3 is 0 Å². The molecule has 0 saturated carbocycles. The molecule has 1 aliphatic rings. The fourth-order valence-electron chi connectivity index (χ4n) is 3.59. The number of likely N-dealkylation sites (tertiary alicyclic amines) is 1. The van der Waals surface area contributed by atoms with Crippen LogP contribution in [0.3, 0.4) is 0 Å². The Bertz CT molecular complexity index is 882. The van der Waals surface area contributed by atoms with Crippen LogP contribution in [0.5, 0.6) is 0 Å². The van der Waals surface area contributed by atoms with E-state index < -0.39 is 0 Å². The molecule has 0 aliphatic carbocycles. The van der Waals surface area contributed by atoms with Crippen molar-refractivity contribution < 1.29 is 4.79 Å². The molecule has 7 nitrogen and oxygen atoms in total. The fourth-order valence-corrected chi connectivity index (χ4v) is 3.59. The smallest absolute Gasteiger partial charge is 0.243 e. The van der Waals surface area contributed by atoms with Crippen LogP contribution in [-0.4, -0.2) is 41.5 Å². The summed E-state index contributed by atoms with van der Waals surface area (Å²) in [5, 5.41) is 4.19. The number of imidazole rings is 1. The van der Waals surface area contributed by atoms with E-state index in [-0.39, 0.29) is 11.9 Å². The summed E-state index contributed by atoms with van der Waals surface area (Å²) < 4.78 is 3.69. The molecule has 1 amide bonds. The van der Waals surface area contributed by atoms with Gasteiger partial charge in [0.1, 0.15) is 12.4 Å². The van der Waals surface area contributed by atoms with Gasteiger partial charge in [-0.25, -0.2) is 14.5 Å². The number of amides is 1. The van der Waals surface area contributed by atoms with Gasteiger partial charge < -0.3 is 9.47 Å². The Morgan fingerprint density at radius 1 is 1.24 bits per heavy atom. The molecular formula is C18H22N6O. The van der Waals surface area contributed by atoms with Crippen molar-refractivity contribution in [1.82, 2.24) is 29.0 Å². The summed E-state index contributed by atoms with van der Waals surface area (Å²) in [6, 6.07) is 3.90. The van der Waals surface area contributed by atoms with Crippen molar-refractivity contribution in [3.8, 4) is 0 Å². The Labute approximate surface area is 146 Å². The summed E-state index contributed by atoms with van der Waals surface area (Å²) in [4.78, 5) is 24.0. The fraction of sp³-hybridized carbons (Fsp3) is 0.444. The normalized spacial score (nSPS) is 18.0. The van der Waals surface area contributed by atoms with Gasteiger partial charge in [-0.15, -0.1) is 0 Å². The summed E-state index contributed by atoms with van der Waals surface area (Å²) >= 11 is 0. The first-order valence-corrected chi connectivity index (χ1v) is 8.86. The van der Waals surface area contributed by atoms with E-state index in [0.29, 0.717) is 6.54 Å². The van der Waals surface area contributed by atoms with Crippen LogP contribution in [0.2, 0.25) is 0 Å². The summed E-state index contributed by atoms with van der Waals surface area (Å²) in [7, 11) is 0. The highest BCUT2D eigenvalue weighted by Crippen LogP contribution is 2.30. The third-order valence-corrected chi connectivity index (χ3v) is 4.87. The van der Waals surface area contributed by atoms with Gasteiger partial charge in [-0.3, -0.25) is 4.79 Å². The Kier molecular flexibility index (Phi) is 4.21. The van der Waals surface area contributed by atoms with Gasteiger partial charge in [0.2, 0.25) is 5.91 Å². The number of nitrogens with zero attached hydrogens (tertiary/aromatic N) is 6. The highest BCUT2D eigenvalue weighted by Gasteiger charge is 2.29. The SMILES string of the molecule is CCc1nccn1CC(=O)N1CCCC[C@H]1c1ccn2nccc2n1. The van der Waals surface area contributed by atoms with Crippen LogP contribution in [0.25, 0.3) is 5.65 Å². The zero-order valence-corrected chi connectivity index (χ0v) is 14.4. The minimum atomic E-state index is 0.0368. The minimum absolute atomic E-state index is 0.0368. The monoisotopic (exact) mass is 338 g/mol. The topological polar surface area (TPSA) is 68.3 Å². The zero-order chi connectivity index (χ0) is 17.2. The molecule has 25 heavy (non-hydrogen) atoms. The predicted octanol–water partition coefficient (Wildman–Crippen LogP) is 2.24. The molecule has 0 unspecified atom stereocenters. The highest BCUT2D eigenvalue weighted by molar-refractivity contribution is 5.76. The molecule has 0 aromatic carbocycles. The lowest BCUT2D eigenvalue weighted by atomic mass is 9.99. The third kappa shape index (κ3) is 3.01. The second-order valence-corrected chi connectivity index (χ2v) is 6.41. The number of fused-ring (bicyclic) bond motifs is 1. The van der Waals surface area contributed by atoms with Gasteiger partial charge in [0.05, 0.1) is 17.9 Å². The maximum Gasteiger partial charge on any atom is 0.243 e. The van der Waals surface area contributed by atoms with Crippen LogP contribution >= 0.6 is 0 Å². The van der Waals surface area contributed by atoms with Crippen molar-refractivity contribution in [2.24, 2.45) is 0 Å². The Hall–Kier alpha value is -2.70. The molecule has 0 bridgehead atoms. The number of carbonyl (C=O) groups excluding carboxylic acids is 1. The van der Waals surface area contributed by atoms with Crippen molar-refractivity contribution >= 4 is 11.6 Å². The number of hydrogen-bond donors (Lipinski definition) is 0. The molecule has 1 saturated heterocycles. The van der Waals surface area contributed by atoms with E-state index in [1.54, 1.807) is 16.9 Å². The van der Waals surface area contributed by atoms with E-state index in [2.05, 4.69) is 17.0 Å². The van der Waals surface area contributed by atoms with E-state index in [4.69, 9.17) is 4.98 Å². The first-order chi connectivity index (χ1) is 12.3. The third-order valence-electron chi connectivity index (χ3n) is 4.87. The lowest BCUT2D eigenvalue weighted by molar-refractivity contribution is -0.135. The largest absolute Gasteiger partial charge is 0.333 e. The lowest BCUT2D eigenvalue weighted by Gasteiger charge is -2.35. The summed E-state index contributed by atoms with van der Waals surface area (Å²) in [6.07, 6.45) is 11.2. The number of aromatic nitrogens is 5. The summed E-state index contributed by atoms with van der Waals surface area (Å²) in [6.45, 7) is 3.18. The lowest BCUT2D eigenvalue weighted by Crippen LogP contribution is -2.40. The minimum Gasteiger partial charge on any atom is -0.333 e. The molecule has 0 radical (unpaired) electrons. The molecule has 1 aliphatic heterocycles. The maximum atomic E-state index is 13.0. The van der Waals surface area contributed by atoms with Crippen molar-refractivity contribution in [1.29, 1.82) is 0 Å². The molecular weight excluding hydrogens is 316 g/mol. The van der Waals surface area contributed by atoms with Crippen LogP contribution in [-0.2, 0) is 17.8 Å². The van der Waals surface area contributed by atoms with E-state index >= 15 is 0 Å². The van der Waals surface area contributed by atoms with Gasteiger partial charge in [-0.05, 0) is 25.3 Å². The average Bonchev–Trinajstić information content (AvgIpc) is 3.29. The standard InChI is InChI=1S/C18H22N6O/c1-2-16-19-9-12-22(16)13-18(25)23-10-4-3-5-15(23)14-7-11-24-17(21-14)6-8-20-24/h6-9,11-12,15H,2-5,10,13H2,1H3/t15-/m0/s1. The van der Waals surface area contributed by atoms with Crippen LogP contribution < -0.4 is 0 Å². The van der Waals surface area contributed by atoms with Crippen molar-refractivity contribution in [2.75, 3.05) is 6.54 Å². The van der Waals surface area contributed by atoms with Gasteiger partial charge in [0, 0.05) is 37.6 Å². The number of carbonyl (C=O) groups is 1. The molecule has 0 spiro atoms. The quantitative estimate of drug-likeness (QED) is 0.732. The van der Waals surface area contributed by atoms with Crippen molar-refractivity contribution in [3.05, 3.63) is 48.4 Å². The van der Waals surface area contributed by atoms with Crippen LogP contribution in [0.15, 0.2) is 36.9 Å². The first kappa shape index (κ1) is 15.8. The number of rotatable bonds is 4. The van der Waals surface area contributed by atoms with E-state index in [0.717, 1.165) is 49.4 Å². The molecule has 4 rings (SSSR count). The summed E-state index contributed by atoms with van der Waals surface area (Å²) in [5.74, 6) is 1.08. The molecule has 4 heterocycles. The molecule has 7 heteroatoms. The second-order valence-electron chi connectivity index (χ2n) is 6.41. The van der Waals surface area contributed by atoms with E-state index in [1.807, 2.05) is 34.0 Å². The van der Waals surface area contributed by atoms with E-state index in [9.17, 15) is 4.79 Å².